The molecule has 3 nitrogen and oxygen atoms in total. The van der Waals surface area contributed by atoms with Crippen molar-refractivity contribution in [1.29, 1.82) is 0 Å². The molecule has 0 saturated heterocycles. The lowest BCUT2D eigenvalue weighted by molar-refractivity contribution is 0.264. The van der Waals surface area contributed by atoms with Crippen LogP contribution in [-0.2, 0) is 6.42 Å². The normalized spacial score (nSPS) is 25.9. The highest BCUT2D eigenvalue weighted by molar-refractivity contribution is 7.71. The Kier molecular flexibility index (Phi) is 3.79. The first-order valence-electron chi connectivity index (χ1n) is 6.42. The molecule has 1 aromatic heterocycles. The number of aromatic nitrogens is 3. The van der Waals surface area contributed by atoms with E-state index in [-0.39, 0.29) is 0 Å². The second-order valence-electron chi connectivity index (χ2n) is 4.75. The van der Waals surface area contributed by atoms with Crippen LogP contribution in [0.25, 0.3) is 0 Å². The second-order valence-corrected chi connectivity index (χ2v) is 5.14. The molecular formula is C12H21N3S. The summed E-state index contributed by atoms with van der Waals surface area (Å²) in [7, 11) is 0. The third kappa shape index (κ3) is 2.21. The van der Waals surface area contributed by atoms with Gasteiger partial charge < -0.3 is 4.57 Å². The molecule has 90 valence electrons. The van der Waals surface area contributed by atoms with Gasteiger partial charge >= 0.3 is 0 Å². The molecule has 2 rings (SSSR count). The van der Waals surface area contributed by atoms with Gasteiger partial charge in [-0.15, -0.1) is 0 Å². The van der Waals surface area contributed by atoms with Crippen molar-refractivity contribution in [2.24, 2.45) is 5.92 Å². The molecule has 0 atom stereocenters. The van der Waals surface area contributed by atoms with Crippen LogP contribution in [0, 0.1) is 10.7 Å². The fourth-order valence-corrected chi connectivity index (χ4v) is 3.07. The van der Waals surface area contributed by atoms with Gasteiger partial charge in [0.05, 0.1) is 0 Å². The maximum Gasteiger partial charge on any atom is 0.195 e. The Morgan fingerprint density at radius 2 is 2.00 bits per heavy atom. The van der Waals surface area contributed by atoms with Crippen molar-refractivity contribution in [2.75, 3.05) is 0 Å². The van der Waals surface area contributed by atoms with E-state index in [0.29, 0.717) is 6.04 Å². The molecule has 1 N–H and O–H groups in total. The Labute approximate surface area is 102 Å². The third-order valence-electron chi connectivity index (χ3n) is 3.85. The number of H-pyrrole nitrogens is 1. The number of aryl methyl sites for hydroxylation is 1. The summed E-state index contributed by atoms with van der Waals surface area (Å²) in [5, 5.41) is 7.22. The van der Waals surface area contributed by atoms with Gasteiger partial charge in [0.25, 0.3) is 0 Å². The average Bonchev–Trinajstić information content (AvgIpc) is 2.70. The summed E-state index contributed by atoms with van der Waals surface area (Å²) in [4.78, 5) is 0. The molecule has 4 heteroatoms. The van der Waals surface area contributed by atoms with Crippen molar-refractivity contribution in [2.45, 2.75) is 58.4 Å². The zero-order valence-electron chi connectivity index (χ0n) is 10.2. The smallest absolute Gasteiger partial charge is 0.195 e. The molecule has 1 heterocycles. The first-order chi connectivity index (χ1) is 7.76. The van der Waals surface area contributed by atoms with Crippen LogP contribution in [0.2, 0.25) is 0 Å². The highest BCUT2D eigenvalue weighted by Crippen LogP contribution is 2.34. The van der Waals surface area contributed by atoms with E-state index in [1.165, 1.54) is 32.1 Å². The number of nitrogens with one attached hydrogen (secondary N) is 1. The molecule has 0 radical (unpaired) electrons. The third-order valence-corrected chi connectivity index (χ3v) is 4.14. The Morgan fingerprint density at radius 1 is 1.31 bits per heavy atom. The monoisotopic (exact) mass is 239 g/mol. The Morgan fingerprint density at radius 3 is 2.56 bits per heavy atom. The first-order valence-corrected chi connectivity index (χ1v) is 6.82. The van der Waals surface area contributed by atoms with Crippen LogP contribution >= 0.6 is 12.2 Å². The fourth-order valence-electron chi connectivity index (χ4n) is 2.77. The van der Waals surface area contributed by atoms with Crippen molar-refractivity contribution < 1.29 is 0 Å². The fraction of sp³-hybridized carbons (Fsp3) is 0.833. The Hall–Kier alpha value is -0.640. The molecule has 0 bridgehead atoms. The predicted octanol–water partition coefficient (Wildman–Crippen LogP) is 3.64. The summed E-state index contributed by atoms with van der Waals surface area (Å²) in [6.45, 7) is 4.44. The van der Waals surface area contributed by atoms with E-state index in [4.69, 9.17) is 12.2 Å². The van der Waals surface area contributed by atoms with Crippen molar-refractivity contribution >= 4 is 12.2 Å². The molecule has 1 aliphatic rings. The number of aromatic amines is 1. The van der Waals surface area contributed by atoms with Gasteiger partial charge in [0.15, 0.2) is 4.77 Å². The largest absolute Gasteiger partial charge is 0.301 e. The van der Waals surface area contributed by atoms with Gasteiger partial charge in [-0.05, 0) is 43.8 Å². The van der Waals surface area contributed by atoms with E-state index in [2.05, 4.69) is 28.6 Å². The maximum atomic E-state index is 5.32. The van der Waals surface area contributed by atoms with E-state index in [1.807, 2.05) is 0 Å². The maximum absolute atomic E-state index is 5.32. The topological polar surface area (TPSA) is 33.6 Å². The summed E-state index contributed by atoms with van der Waals surface area (Å²) in [6.07, 6.45) is 7.50. The summed E-state index contributed by atoms with van der Waals surface area (Å²) < 4.78 is 3.05. The summed E-state index contributed by atoms with van der Waals surface area (Å²) in [5.74, 6) is 2.05. The lowest BCUT2D eigenvalue weighted by Gasteiger charge is -2.29. The van der Waals surface area contributed by atoms with Crippen LogP contribution in [0.1, 0.15) is 57.8 Å². The standard InChI is InChI=1S/C12H21N3S/c1-3-9-5-7-10(8-6-9)15-11(4-2)13-14-12(15)16/h9-10H,3-8H2,1-2H3,(H,14,16). The van der Waals surface area contributed by atoms with Gasteiger partial charge in [0, 0.05) is 12.5 Å². The number of rotatable bonds is 3. The first kappa shape index (κ1) is 11.8. The van der Waals surface area contributed by atoms with Crippen molar-refractivity contribution in [3.8, 4) is 0 Å². The van der Waals surface area contributed by atoms with Gasteiger partial charge in [-0.25, -0.2) is 0 Å². The van der Waals surface area contributed by atoms with Crippen LogP contribution in [-0.4, -0.2) is 14.8 Å². The van der Waals surface area contributed by atoms with E-state index < -0.39 is 0 Å². The highest BCUT2D eigenvalue weighted by atomic mass is 32.1. The second kappa shape index (κ2) is 5.13. The molecule has 0 aliphatic heterocycles. The Balaban J connectivity index is 2.13. The van der Waals surface area contributed by atoms with Crippen molar-refractivity contribution in [1.82, 2.24) is 14.8 Å². The summed E-state index contributed by atoms with van der Waals surface area (Å²) in [5.41, 5.74) is 0. The molecule has 1 saturated carbocycles. The quantitative estimate of drug-likeness (QED) is 0.817. The van der Waals surface area contributed by atoms with Crippen LogP contribution in [0.5, 0.6) is 0 Å². The molecule has 1 aromatic rings. The van der Waals surface area contributed by atoms with E-state index in [0.717, 1.165) is 22.9 Å². The minimum Gasteiger partial charge on any atom is -0.301 e. The summed E-state index contributed by atoms with van der Waals surface area (Å²) >= 11 is 5.32. The number of hydrogen-bond donors (Lipinski definition) is 1. The van der Waals surface area contributed by atoms with Gasteiger partial charge in [0.1, 0.15) is 5.82 Å². The number of nitrogens with zero attached hydrogens (tertiary/aromatic N) is 2. The van der Waals surface area contributed by atoms with Crippen LogP contribution in [0.4, 0.5) is 0 Å². The molecule has 0 aromatic carbocycles. The SMILES string of the molecule is CCc1n[nH]c(=S)n1C1CCC(CC)CC1. The van der Waals surface area contributed by atoms with E-state index in [1.54, 1.807) is 0 Å². The molecule has 16 heavy (non-hydrogen) atoms. The van der Waals surface area contributed by atoms with Gasteiger partial charge in [-0.1, -0.05) is 20.3 Å². The zero-order valence-corrected chi connectivity index (χ0v) is 11.0. The average molecular weight is 239 g/mol. The lowest BCUT2D eigenvalue weighted by Crippen LogP contribution is -2.19. The minimum atomic E-state index is 0.587. The zero-order chi connectivity index (χ0) is 11.5. The highest BCUT2D eigenvalue weighted by Gasteiger charge is 2.23. The summed E-state index contributed by atoms with van der Waals surface area (Å²) in [6, 6.07) is 0.587. The van der Waals surface area contributed by atoms with Crippen LogP contribution < -0.4 is 0 Å². The number of hydrogen-bond acceptors (Lipinski definition) is 2. The van der Waals surface area contributed by atoms with Crippen molar-refractivity contribution in [3.05, 3.63) is 10.6 Å². The van der Waals surface area contributed by atoms with Crippen LogP contribution in [0.15, 0.2) is 0 Å². The van der Waals surface area contributed by atoms with Gasteiger partial charge in [-0.3, -0.25) is 5.10 Å². The van der Waals surface area contributed by atoms with Gasteiger partial charge in [0.2, 0.25) is 0 Å². The lowest BCUT2D eigenvalue weighted by atomic mass is 9.84. The van der Waals surface area contributed by atoms with Crippen LogP contribution in [0.3, 0.4) is 0 Å². The van der Waals surface area contributed by atoms with E-state index >= 15 is 0 Å². The molecule has 0 unspecified atom stereocenters. The minimum absolute atomic E-state index is 0.587. The molecule has 0 amide bonds. The predicted molar refractivity (Wildman–Crippen MR) is 68.1 cm³/mol. The van der Waals surface area contributed by atoms with Crippen molar-refractivity contribution in [3.63, 3.8) is 0 Å². The Bertz CT molecular complexity index is 385. The molecular weight excluding hydrogens is 218 g/mol. The molecule has 1 aliphatic carbocycles. The molecule has 1 fully saturated rings. The molecule has 0 spiro atoms. The van der Waals surface area contributed by atoms with E-state index in [9.17, 15) is 0 Å². The van der Waals surface area contributed by atoms with Gasteiger partial charge in [-0.2, -0.15) is 5.10 Å².